The van der Waals surface area contributed by atoms with E-state index in [1.807, 2.05) is 6.07 Å². The van der Waals surface area contributed by atoms with Gasteiger partial charge in [-0.05, 0) is 35.1 Å². The minimum atomic E-state index is -0.299. The SMILES string of the molecule is CC(C)C12Cc3ccc([N+](=O)[O-])cc3CN1c1ccccc1C2(C)C. The number of fused-ring (bicyclic) bond motifs is 4. The molecule has 0 spiro atoms. The van der Waals surface area contributed by atoms with Crippen LogP contribution in [-0.2, 0) is 18.4 Å². The van der Waals surface area contributed by atoms with Gasteiger partial charge in [-0.25, -0.2) is 0 Å². The van der Waals surface area contributed by atoms with E-state index in [1.165, 1.54) is 16.8 Å². The number of nitro benzene ring substituents is 1. The topological polar surface area (TPSA) is 46.4 Å². The first-order valence-electron chi connectivity index (χ1n) is 8.92. The fraction of sp³-hybridized carbons (Fsp3) is 0.429. The highest BCUT2D eigenvalue weighted by Gasteiger charge is 2.59. The van der Waals surface area contributed by atoms with Crippen LogP contribution in [0.5, 0.6) is 0 Å². The molecule has 0 saturated carbocycles. The summed E-state index contributed by atoms with van der Waals surface area (Å²) in [5.41, 5.74) is 5.16. The number of hydrogen-bond donors (Lipinski definition) is 0. The Morgan fingerprint density at radius 1 is 1.12 bits per heavy atom. The highest BCUT2D eigenvalue weighted by atomic mass is 16.6. The molecule has 4 rings (SSSR count). The molecule has 0 saturated heterocycles. The third-order valence-electron chi connectivity index (χ3n) is 6.58. The smallest absolute Gasteiger partial charge is 0.269 e. The van der Waals surface area contributed by atoms with E-state index < -0.39 is 0 Å². The van der Waals surface area contributed by atoms with E-state index in [0.717, 1.165) is 18.5 Å². The molecule has 25 heavy (non-hydrogen) atoms. The Bertz CT molecular complexity index is 872. The largest absolute Gasteiger partial charge is 0.360 e. The molecule has 2 aliphatic rings. The Kier molecular flexibility index (Phi) is 3.27. The zero-order chi connectivity index (χ0) is 18.0. The van der Waals surface area contributed by atoms with E-state index in [9.17, 15) is 10.1 Å². The summed E-state index contributed by atoms with van der Waals surface area (Å²) in [6.07, 6.45) is 0.916. The van der Waals surface area contributed by atoms with Gasteiger partial charge in [-0.2, -0.15) is 0 Å². The first-order chi connectivity index (χ1) is 11.8. The molecule has 0 bridgehead atoms. The van der Waals surface area contributed by atoms with Crippen LogP contribution in [0.1, 0.15) is 44.4 Å². The van der Waals surface area contributed by atoms with Crippen molar-refractivity contribution in [3.63, 3.8) is 0 Å². The van der Waals surface area contributed by atoms with Crippen molar-refractivity contribution in [1.29, 1.82) is 0 Å². The molecule has 2 heterocycles. The van der Waals surface area contributed by atoms with E-state index >= 15 is 0 Å². The van der Waals surface area contributed by atoms with Crippen LogP contribution in [0.2, 0.25) is 0 Å². The fourth-order valence-corrected chi connectivity index (χ4v) is 5.31. The number of para-hydroxylation sites is 1. The molecule has 0 amide bonds. The molecule has 1 atom stereocenters. The molecule has 0 aliphatic carbocycles. The number of anilines is 1. The van der Waals surface area contributed by atoms with Crippen molar-refractivity contribution in [3.8, 4) is 0 Å². The predicted octanol–water partition coefficient (Wildman–Crippen LogP) is 4.84. The second kappa shape index (κ2) is 5.07. The van der Waals surface area contributed by atoms with Crippen molar-refractivity contribution in [2.24, 2.45) is 5.92 Å². The van der Waals surface area contributed by atoms with E-state index in [0.29, 0.717) is 5.92 Å². The summed E-state index contributed by atoms with van der Waals surface area (Å²) in [5.74, 6) is 0.457. The maximum absolute atomic E-state index is 11.2. The van der Waals surface area contributed by atoms with Crippen molar-refractivity contribution in [1.82, 2.24) is 0 Å². The Morgan fingerprint density at radius 2 is 1.84 bits per heavy atom. The molecule has 2 aromatic rings. The minimum absolute atomic E-state index is 0.0111. The van der Waals surface area contributed by atoms with Crippen LogP contribution in [0.15, 0.2) is 42.5 Å². The normalized spacial score (nSPS) is 23.2. The van der Waals surface area contributed by atoms with Crippen LogP contribution in [0.3, 0.4) is 0 Å². The number of nitro groups is 1. The van der Waals surface area contributed by atoms with Crippen molar-refractivity contribution >= 4 is 11.4 Å². The van der Waals surface area contributed by atoms with Gasteiger partial charge in [-0.1, -0.05) is 52.0 Å². The zero-order valence-electron chi connectivity index (χ0n) is 15.2. The van der Waals surface area contributed by atoms with Gasteiger partial charge in [-0.15, -0.1) is 0 Å². The van der Waals surface area contributed by atoms with E-state index in [4.69, 9.17) is 0 Å². The molecule has 2 aromatic carbocycles. The second-order valence-corrected chi connectivity index (χ2v) is 8.19. The summed E-state index contributed by atoms with van der Waals surface area (Å²) in [7, 11) is 0. The Labute approximate surface area is 148 Å². The third-order valence-corrected chi connectivity index (χ3v) is 6.58. The van der Waals surface area contributed by atoms with Crippen molar-refractivity contribution in [3.05, 3.63) is 69.3 Å². The summed E-state index contributed by atoms with van der Waals surface area (Å²) in [6, 6.07) is 14.0. The van der Waals surface area contributed by atoms with Gasteiger partial charge < -0.3 is 4.90 Å². The van der Waals surface area contributed by atoms with Gasteiger partial charge in [0.15, 0.2) is 0 Å². The van der Waals surface area contributed by atoms with Gasteiger partial charge in [-0.3, -0.25) is 10.1 Å². The molecule has 0 radical (unpaired) electrons. The molecule has 4 nitrogen and oxygen atoms in total. The van der Waals surface area contributed by atoms with Gasteiger partial charge >= 0.3 is 0 Å². The molecule has 1 unspecified atom stereocenters. The van der Waals surface area contributed by atoms with Gasteiger partial charge in [0, 0.05) is 29.8 Å². The van der Waals surface area contributed by atoms with E-state index in [2.05, 4.69) is 56.9 Å². The van der Waals surface area contributed by atoms with Crippen molar-refractivity contribution in [2.75, 3.05) is 4.90 Å². The third kappa shape index (κ3) is 1.94. The maximum Gasteiger partial charge on any atom is 0.269 e. The van der Waals surface area contributed by atoms with Crippen molar-refractivity contribution in [2.45, 2.75) is 51.6 Å². The predicted molar refractivity (Wildman–Crippen MR) is 100 cm³/mol. The number of non-ortho nitro benzene ring substituents is 1. The van der Waals surface area contributed by atoms with Crippen LogP contribution in [0.4, 0.5) is 11.4 Å². The van der Waals surface area contributed by atoms with Gasteiger partial charge in [0.25, 0.3) is 5.69 Å². The average molecular weight is 336 g/mol. The Hall–Kier alpha value is -2.36. The van der Waals surface area contributed by atoms with Gasteiger partial charge in [0.1, 0.15) is 0 Å². The van der Waals surface area contributed by atoms with E-state index in [1.54, 1.807) is 12.1 Å². The molecule has 4 heteroatoms. The fourth-order valence-electron chi connectivity index (χ4n) is 5.31. The molecule has 0 N–H and O–H groups in total. The number of benzene rings is 2. The number of nitrogens with zero attached hydrogens (tertiary/aromatic N) is 2. The minimum Gasteiger partial charge on any atom is -0.360 e. The number of hydrogen-bond acceptors (Lipinski definition) is 3. The molecule has 0 aromatic heterocycles. The Morgan fingerprint density at radius 3 is 2.52 bits per heavy atom. The lowest BCUT2D eigenvalue weighted by Gasteiger charge is -2.54. The zero-order valence-corrected chi connectivity index (χ0v) is 15.2. The average Bonchev–Trinajstić information content (AvgIpc) is 2.78. The molecule has 2 aliphatic heterocycles. The monoisotopic (exact) mass is 336 g/mol. The summed E-state index contributed by atoms with van der Waals surface area (Å²) in [4.78, 5) is 13.4. The lowest BCUT2D eigenvalue weighted by Crippen LogP contribution is -2.62. The summed E-state index contributed by atoms with van der Waals surface area (Å²) in [5, 5.41) is 11.2. The first kappa shape index (κ1) is 16.1. The lowest BCUT2D eigenvalue weighted by molar-refractivity contribution is -0.384. The van der Waals surface area contributed by atoms with Crippen LogP contribution in [0, 0.1) is 16.0 Å². The standard InChI is InChI=1S/C21H24N2O2/c1-14(2)21-12-15-9-10-17(23(24)25)11-16(15)13-22(21)19-8-6-5-7-18(19)20(21,3)4/h5-11,14H,12-13H2,1-4H3. The Balaban J connectivity index is 1.93. The van der Waals surface area contributed by atoms with Crippen LogP contribution < -0.4 is 4.90 Å². The summed E-state index contributed by atoms with van der Waals surface area (Å²) >= 11 is 0. The first-order valence-corrected chi connectivity index (χ1v) is 8.92. The quantitative estimate of drug-likeness (QED) is 0.582. The second-order valence-electron chi connectivity index (χ2n) is 8.19. The highest BCUT2D eigenvalue weighted by Crippen LogP contribution is 2.58. The molecule has 130 valence electrons. The van der Waals surface area contributed by atoms with Gasteiger partial charge in [0.2, 0.25) is 0 Å². The number of rotatable bonds is 2. The van der Waals surface area contributed by atoms with Gasteiger partial charge in [0.05, 0.1) is 10.5 Å². The molecular formula is C21H24N2O2. The van der Waals surface area contributed by atoms with Crippen LogP contribution in [-0.4, -0.2) is 10.5 Å². The van der Waals surface area contributed by atoms with E-state index in [-0.39, 0.29) is 21.6 Å². The lowest BCUT2D eigenvalue weighted by atomic mass is 9.61. The maximum atomic E-state index is 11.2. The highest BCUT2D eigenvalue weighted by molar-refractivity contribution is 5.69. The van der Waals surface area contributed by atoms with Crippen LogP contribution >= 0.6 is 0 Å². The van der Waals surface area contributed by atoms with Crippen LogP contribution in [0.25, 0.3) is 0 Å². The van der Waals surface area contributed by atoms with Crippen molar-refractivity contribution < 1.29 is 4.92 Å². The molecule has 0 fully saturated rings. The summed E-state index contributed by atoms with van der Waals surface area (Å²) in [6.45, 7) is 10.0. The summed E-state index contributed by atoms with van der Waals surface area (Å²) < 4.78 is 0. The molecular weight excluding hydrogens is 312 g/mol.